The average Bonchev–Trinajstić information content (AvgIpc) is 3.95. The highest BCUT2D eigenvalue weighted by Gasteiger charge is 2.28. The number of benzene rings is 4. The van der Waals surface area contributed by atoms with Crippen LogP contribution in [-0.4, -0.2) is 124 Å². The first-order valence-corrected chi connectivity index (χ1v) is 20.7. The van der Waals surface area contributed by atoms with E-state index in [9.17, 15) is 24.0 Å². The van der Waals surface area contributed by atoms with Crippen molar-refractivity contribution in [2.24, 2.45) is 0 Å². The zero-order chi connectivity index (χ0) is 43.3. The molecule has 62 heavy (non-hydrogen) atoms. The van der Waals surface area contributed by atoms with Gasteiger partial charge in [-0.25, -0.2) is 4.79 Å². The molecule has 0 bridgehead atoms. The van der Waals surface area contributed by atoms with E-state index in [0.29, 0.717) is 90.5 Å². The first kappa shape index (κ1) is 41.8. The summed E-state index contributed by atoms with van der Waals surface area (Å²) in [4.78, 5) is 80.6. The van der Waals surface area contributed by atoms with Crippen LogP contribution >= 0.6 is 23.2 Å². The maximum atomic E-state index is 12.9. The zero-order valence-electron chi connectivity index (χ0n) is 33.6. The molecule has 0 unspecified atom stereocenters. The number of fused-ring (bicyclic) bond motifs is 2. The van der Waals surface area contributed by atoms with Crippen molar-refractivity contribution >= 4 is 74.6 Å². The highest BCUT2D eigenvalue weighted by atomic mass is 35.5. The predicted octanol–water partition coefficient (Wildman–Crippen LogP) is 7.69. The number of H-pyrrole nitrogens is 2. The summed E-state index contributed by atoms with van der Waals surface area (Å²) < 4.78 is 4.71. The number of nitrogens with one attached hydrogen (secondary N) is 2. The van der Waals surface area contributed by atoms with Gasteiger partial charge in [-0.1, -0.05) is 47.5 Å². The van der Waals surface area contributed by atoms with Crippen LogP contribution in [0.3, 0.4) is 0 Å². The zero-order valence-corrected chi connectivity index (χ0v) is 35.2. The van der Waals surface area contributed by atoms with Gasteiger partial charge in [-0.3, -0.25) is 24.2 Å². The molecule has 2 aliphatic heterocycles. The molecule has 13 nitrogen and oxygen atoms in total. The Balaban J connectivity index is 0.000000171. The van der Waals surface area contributed by atoms with Crippen LogP contribution in [0.2, 0.25) is 10.0 Å². The van der Waals surface area contributed by atoms with Gasteiger partial charge in [-0.05, 0) is 96.1 Å². The molecule has 0 aliphatic carbocycles. The number of aromatic nitrogens is 3. The normalized spacial score (nSPS) is 14.0. The number of esters is 1. The van der Waals surface area contributed by atoms with Crippen LogP contribution in [0, 0.1) is 0 Å². The molecule has 2 N–H and O–H groups in total. The van der Waals surface area contributed by atoms with Crippen molar-refractivity contribution in [3.63, 3.8) is 0 Å². The van der Waals surface area contributed by atoms with E-state index in [1.165, 1.54) is 13.2 Å². The second-order valence-corrected chi connectivity index (χ2v) is 15.8. The maximum absolute atomic E-state index is 12.9. The number of hydrogen-bond acceptors (Lipinski definition) is 7. The van der Waals surface area contributed by atoms with Crippen molar-refractivity contribution in [3.05, 3.63) is 160 Å². The molecule has 5 heterocycles. The summed E-state index contributed by atoms with van der Waals surface area (Å²) in [5, 5.41) is 3.04. The Labute approximate surface area is 366 Å². The minimum atomic E-state index is -0.486. The van der Waals surface area contributed by atoms with Crippen molar-refractivity contribution in [2.45, 2.75) is 0 Å². The topological polar surface area (TPSA) is 152 Å². The second kappa shape index (κ2) is 18.3. The van der Waals surface area contributed by atoms with E-state index in [-0.39, 0.29) is 23.6 Å². The third-order valence-corrected chi connectivity index (χ3v) is 11.5. The SMILES string of the molecule is COC(=O)c1cccc(C(=O)N2CCN(C(=O)c3cc4cc(Cl)ccc4[nH]3)CC2)c1.O=C(c1ccc(-c2cccnc2)cc1)N1CCN(C(=O)c2cc3cc(Cl)ccc3[nH]2)CC1. The summed E-state index contributed by atoms with van der Waals surface area (Å²) in [6.07, 6.45) is 3.54. The number of pyridine rings is 1. The quantitative estimate of drug-likeness (QED) is 0.163. The van der Waals surface area contributed by atoms with Crippen molar-refractivity contribution in [1.82, 2.24) is 34.6 Å². The van der Waals surface area contributed by atoms with Gasteiger partial charge in [-0.2, -0.15) is 0 Å². The molecule has 3 aromatic heterocycles. The average molecular weight is 871 g/mol. The molecular formula is C47H41Cl2N7O6. The minimum absolute atomic E-state index is 0.0184. The van der Waals surface area contributed by atoms with Crippen LogP contribution in [0.1, 0.15) is 52.1 Å². The number of carbonyl (C=O) groups is 5. The first-order chi connectivity index (χ1) is 30.0. The number of rotatable bonds is 6. The first-order valence-electron chi connectivity index (χ1n) is 20.0. The molecule has 4 aromatic carbocycles. The number of halogens is 2. The monoisotopic (exact) mass is 869 g/mol. The van der Waals surface area contributed by atoms with Gasteiger partial charge >= 0.3 is 5.97 Å². The summed E-state index contributed by atoms with van der Waals surface area (Å²) in [7, 11) is 1.30. The number of methoxy groups -OCH3 is 1. The number of carbonyl (C=O) groups excluding carboxylic acids is 5. The Morgan fingerprint density at radius 1 is 0.516 bits per heavy atom. The Morgan fingerprint density at radius 2 is 1.00 bits per heavy atom. The molecule has 0 radical (unpaired) electrons. The Bertz CT molecular complexity index is 2790. The highest BCUT2D eigenvalue weighted by molar-refractivity contribution is 6.31. The fourth-order valence-corrected chi connectivity index (χ4v) is 7.97. The Morgan fingerprint density at radius 3 is 1.48 bits per heavy atom. The number of amides is 4. The summed E-state index contributed by atoms with van der Waals surface area (Å²) in [6, 6.07) is 32.4. The third kappa shape index (κ3) is 9.19. The summed E-state index contributed by atoms with van der Waals surface area (Å²) >= 11 is 12.1. The van der Waals surface area contributed by atoms with Crippen LogP contribution < -0.4 is 0 Å². The van der Waals surface area contributed by atoms with Gasteiger partial charge in [0, 0.05) is 108 Å². The molecule has 2 aliphatic rings. The smallest absolute Gasteiger partial charge is 0.337 e. The van der Waals surface area contributed by atoms with Gasteiger partial charge in [0.2, 0.25) is 0 Å². The highest BCUT2D eigenvalue weighted by Crippen LogP contribution is 2.24. The molecular weight excluding hydrogens is 829 g/mol. The fraction of sp³-hybridized carbons (Fsp3) is 0.191. The van der Waals surface area contributed by atoms with E-state index in [2.05, 4.69) is 15.0 Å². The Kier molecular flexibility index (Phi) is 12.4. The van der Waals surface area contributed by atoms with Crippen molar-refractivity contribution in [2.75, 3.05) is 59.5 Å². The lowest BCUT2D eigenvalue weighted by atomic mass is 10.0. The lowest BCUT2D eigenvalue weighted by Crippen LogP contribution is -2.50. The lowest BCUT2D eigenvalue weighted by molar-refractivity contribution is 0.0532. The molecule has 314 valence electrons. The van der Waals surface area contributed by atoms with E-state index in [4.69, 9.17) is 27.9 Å². The molecule has 0 atom stereocenters. The van der Waals surface area contributed by atoms with Gasteiger partial charge in [-0.15, -0.1) is 0 Å². The minimum Gasteiger partial charge on any atom is -0.465 e. The fourth-order valence-electron chi connectivity index (χ4n) is 7.60. The molecule has 4 amide bonds. The van der Waals surface area contributed by atoms with E-state index in [1.807, 2.05) is 66.7 Å². The molecule has 0 spiro atoms. The van der Waals surface area contributed by atoms with Gasteiger partial charge in [0.05, 0.1) is 12.7 Å². The number of ether oxygens (including phenoxy) is 1. The van der Waals surface area contributed by atoms with Crippen molar-refractivity contribution < 1.29 is 28.7 Å². The maximum Gasteiger partial charge on any atom is 0.337 e. The second-order valence-electron chi connectivity index (χ2n) is 14.9. The number of nitrogens with zero attached hydrogens (tertiary/aromatic N) is 5. The predicted molar refractivity (Wildman–Crippen MR) is 238 cm³/mol. The van der Waals surface area contributed by atoms with E-state index >= 15 is 0 Å². The number of piperazine rings is 2. The standard InChI is InChI=1S/C25H21ClN4O2.C22H20ClN3O4/c26-21-7-8-22-20(14-21)15-23(28-22)25(32)30-12-10-29(11-13-30)24(31)18-5-3-17(4-6-18)19-2-1-9-27-16-19;1-30-22(29)15-4-2-3-14(11-15)20(27)25-7-9-26(10-8-25)21(28)19-13-16-12-17(23)5-6-18(16)24-19/h1-9,14-16,28H,10-13H2;2-6,11-13,24H,7-10H2,1H3. The number of aromatic amines is 2. The third-order valence-electron chi connectivity index (χ3n) is 11.0. The van der Waals surface area contributed by atoms with Gasteiger partial charge in [0.15, 0.2) is 0 Å². The number of hydrogen-bond donors (Lipinski definition) is 2. The van der Waals surface area contributed by atoms with Crippen LogP contribution in [0.4, 0.5) is 0 Å². The van der Waals surface area contributed by atoms with E-state index in [1.54, 1.807) is 68.4 Å². The van der Waals surface area contributed by atoms with Crippen molar-refractivity contribution in [3.8, 4) is 11.1 Å². The van der Waals surface area contributed by atoms with Crippen molar-refractivity contribution in [1.29, 1.82) is 0 Å². The molecule has 15 heteroatoms. The Hall–Kier alpha value is -6.96. The van der Waals surface area contributed by atoms with Gasteiger partial charge in [0.1, 0.15) is 11.4 Å². The molecule has 2 saturated heterocycles. The van der Waals surface area contributed by atoms with E-state index < -0.39 is 5.97 Å². The molecule has 9 rings (SSSR count). The summed E-state index contributed by atoms with van der Waals surface area (Å²) in [5.74, 6) is -0.852. The van der Waals surface area contributed by atoms with Gasteiger partial charge in [0.25, 0.3) is 23.6 Å². The van der Waals surface area contributed by atoms with Crippen LogP contribution in [0.25, 0.3) is 32.9 Å². The molecule has 7 aromatic rings. The van der Waals surface area contributed by atoms with Crippen LogP contribution in [0.15, 0.2) is 122 Å². The van der Waals surface area contributed by atoms with Crippen LogP contribution in [0.5, 0.6) is 0 Å². The largest absolute Gasteiger partial charge is 0.465 e. The van der Waals surface area contributed by atoms with Crippen LogP contribution in [-0.2, 0) is 4.74 Å². The van der Waals surface area contributed by atoms with Gasteiger partial charge < -0.3 is 34.3 Å². The molecule has 0 saturated carbocycles. The lowest BCUT2D eigenvalue weighted by Gasteiger charge is -2.34. The summed E-state index contributed by atoms with van der Waals surface area (Å²) in [5.41, 5.74) is 6.18. The summed E-state index contributed by atoms with van der Waals surface area (Å²) in [6.45, 7) is 3.68. The molecule has 2 fully saturated rings. The van der Waals surface area contributed by atoms with E-state index in [0.717, 1.165) is 32.9 Å².